The van der Waals surface area contributed by atoms with Crippen molar-refractivity contribution in [2.45, 2.75) is 13.0 Å². The van der Waals surface area contributed by atoms with Gasteiger partial charge in [0.1, 0.15) is 5.75 Å². The van der Waals surface area contributed by atoms with Gasteiger partial charge in [0.2, 0.25) is 6.10 Å². The number of thiophene rings is 1. The zero-order chi connectivity index (χ0) is 11.0. The molecule has 1 aromatic rings. The molecule has 5 nitrogen and oxygen atoms in total. The molecule has 1 N–H and O–H groups in total. The van der Waals surface area contributed by atoms with Gasteiger partial charge in [0.25, 0.3) is 5.91 Å². The monoisotopic (exact) mass is 227 g/mol. The highest BCUT2D eigenvalue weighted by Crippen LogP contribution is 2.37. The number of hydrogen-bond acceptors (Lipinski definition) is 5. The van der Waals surface area contributed by atoms with Gasteiger partial charge in [0.15, 0.2) is 0 Å². The highest BCUT2D eigenvalue weighted by atomic mass is 32.1. The summed E-state index contributed by atoms with van der Waals surface area (Å²) in [5.41, 5.74) is 0.630. The van der Waals surface area contributed by atoms with Gasteiger partial charge in [-0.3, -0.25) is 10.1 Å². The molecule has 15 heavy (non-hydrogen) atoms. The predicted octanol–water partition coefficient (Wildman–Crippen LogP) is 1.37. The zero-order valence-corrected chi connectivity index (χ0v) is 9.01. The smallest absolute Gasteiger partial charge is 0.415 e. The van der Waals surface area contributed by atoms with Crippen LogP contribution in [0.4, 0.5) is 4.79 Å². The van der Waals surface area contributed by atoms with Gasteiger partial charge < -0.3 is 9.47 Å². The lowest BCUT2D eigenvalue weighted by Gasteiger charge is -2.08. The van der Waals surface area contributed by atoms with Gasteiger partial charge in [-0.05, 0) is 6.92 Å². The highest BCUT2D eigenvalue weighted by Gasteiger charge is 2.37. The molecular formula is C9H9NO4S. The van der Waals surface area contributed by atoms with E-state index < -0.39 is 18.1 Å². The van der Waals surface area contributed by atoms with Crippen LogP contribution in [0.2, 0.25) is 0 Å². The lowest BCUT2D eigenvalue weighted by molar-refractivity contribution is -0.123. The molecule has 2 rings (SSSR count). The first kappa shape index (κ1) is 9.97. The van der Waals surface area contributed by atoms with E-state index in [1.54, 1.807) is 5.38 Å². The number of amides is 2. The number of rotatable bonds is 2. The second-order valence-electron chi connectivity index (χ2n) is 3.05. The third kappa shape index (κ3) is 1.56. The first-order chi connectivity index (χ1) is 7.13. The number of nitrogens with one attached hydrogen (secondary N) is 1. The molecule has 0 saturated carbocycles. The Balaban J connectivity index is 2.40. The zero-order valence-electron chi connectivity index (χ0n) is 8.20. The summed E-state index contributed by atoms with van der Waals surface area (Å²) >= 11 is 1.45. The van der Waals surface area contributed by atoms with Crippen molar-refractivity contribution in [1.82, 2.24) is 5.32 Å². The summed E-state index contributed by atoms with van der Waals surface area (Å²) in [7, 11) is 1.51. The molecule has 0 aromatic carbocycles. The SMILES string of the molecule is COc1csc(C)c1C1OC(=O)NC1=O. The van der Waals surface area contributed by atoms with Crippen molar-refractivity contribution < 1.29 is 19.1 Å². The van der Waals surface area contributed by atoms with Gasteiger partial charge in [-0.1, -0.05) is 0 Å². The van der Waals surface area contributed by atoms with Crippen LogP contribution in [0.3, 0.4) is 0 Å². The van der Waals surface area contributed by atoms with E-state index in [9.17, 15) is 9.59 Å². The average Bonchev–Trinajstić information content (AvgIpc) is 2.69. The second kappa shape index (κ2) is 3.54. The van der Waals surface area contributed by atoms with Crippen LogP contribution in [0, 0.1) is 6.92 Å². The van der Waals surface area contributed by atoms with Crippen molar-refractivity contribution in [2.24, 2.45) is 0 Å². The predicted molar refractivity (Wildman–Crippen MR) is 53.0 cm³/mol. The Morgan fingerprint density at radius 3 is 2.80 bits per heavy atom. The molecule has 6 heteroatoms. The number of aryl methyl sites for hydroxylation is 1. The Kier molecular flexibility index (Phi) is 2.36. The van der Waals surface area contributed by atoms with Crippen LogP contribution in [0.15, 0.2) is 5.38 Å². The molecule has 1 aliphatic heterocycles. The standard InChI is InChI=1S/C9H9NO4S/c1-4-6(5(13-2)3-15-4)7-8(11)10-9(12)14-7/h3,7H,1-2H3,(H,10,11,12). The molecule has 0 aliphatic carbocycles. The van der Waals surface area contributed by atoms with Crippen LogP contribution in [-0.2, 0) is 9.53 Å². The molecule has 1 aromatic heterocycles. The summed E-state index contributed by atoms with van der Waals surface area (Å²) in [5.74, 6) is 0.132. The minimum Gasteiger partial charge on any atom is -0.495 e. The Morgan fingerprint density at radius 1 is 1.53 bits per heavy atom. The van der Waals surface area contributed by atoms with Crippen molar-refractivity contribution in [1.29, 1.82) is 0 Å². The van der Waals surface area contributed by atoms with Crippen molar-refractivity contribution in [3.63, 3.8) is 0 Å². The Bertz CT molecular complexity index is 426. The van der Waals surface area contributed by atoms with Crippen LogP contribution in [0.25, 0.3) is 0 Å². The van der Waals surface area contributed by atoms with E-state index in [4.69, 9.17) is 9.47 Å². The number of imide groups is 1. The number of ether oxygens (including phenoxy) is 2. The molecule has 1 unspecified atom stereocenters. The summed E-state index contributed by atoms with van der Waals surface area (Å²) < 4.78 is 9.97. The van der Waals surface area contributed by atoms with Gasteiger partial charge in [-0.15, -0.1) is 11.3 Å². The first-order valence-electron chi connectivity index (χ1n) is 4.27. The average molecular weight is 227 g/mol. The molecule has 1 saturated heterocycles. The maximum Gasteiger partial charge on any atom is 0.415 e. The number of alkyl carbamates (subject to hydrolysis) is 1. The van der Waals surface area contributed by atoms with Crippen molar-refractivity contribution >= 4 is 23.3 Å². The van der Waals surface area contributed by atoms with Gasteiger partial charge in [-0.25, -0.2) is 4.79 Å². The van der Waals surface area contributed by atoms with E-state index in [-0.39, 0.29) is 0 Å². The molecule has 1 atom stereocenters. The summed E-state index contributed by atoms with van der Waals surface area (Å²) in [6, 6.07) is 0. The normalized spacial score (nSPS) is 20.0. The molecule has 1 aliphatic rings. The third-order valence-electron chi connectivity index (χ3n) is 2.16. The number of carbonyl (C=O) groups is 2. The van der Waals surface area contributed by atoms with Crippen LogP contribution < -0.4 is 10.1 Å². The minimum atomic E-state index is -0.876. The van der Waals surface area contributed by atoms with Gasteiger partial charge in [0.05, 0.1) is 12.7 Å². The van der Waals surface area contributed by atoms with Gasteiger partial charge in [-0.2, -0.15) is 0 Å². The second-order valence-corrected chi connectivity index (χ2v) is 4.13. The fraction of sp³-hybridized carbons (Fsp3) is 0.333. The summed E-state index contributed by atoms with van der Waals surface area (Å²) in [6.07, 6.45) is -1.59. The van der Waals surface area contributed by atoms with Crippen LogP contribution in [0.1, 0.15) is 16.5 Å². The van der Waals surface area contributed by atoms with E-state index in [0.29, 0.717) is 11.3 Å². The number of hydrogen-bond donors (Lipinski definition) is 1. The Morgan fingerprint density at radius 2 is 2.27 bits per heavy atom. The van der Waals surface area contributed by atoms with Crippen LogP contribution >= 0.6 is 11.3 Å². The maximum atomic E-state index is 11.4. The minimum absolute atomic E-state index is 0.445. The van der Waals surface area contributed by atoms with Gasteiger partial charge >= 0.3 is 6.09 Å². The molecule has 2 amide bonds. The molecule has 0 bridgehead atoms. The fourth-order valence-electron chi connectivity index (χ4n) is 1.46. The van der Waals surface area contributed by atoms with Gasteiger partial charge in [0, 0.05) is 10.3 Å². The Hall–Kier alpha value is -1.56. The van der Waals surface area contributed by atoms with Crippen LogP contribution in [-0.4, -0.2) is 19.1 Å². The number of carbonyl (C=O) groups excluding carboxylic acids is 2. The molecule has 0 radical (unpaired) electrons. The highest BCUT2D eigenvalue weighted by molar-refractivity contribution is 7.10. The lowest BCUT2D eigenvalue weighted by Crippen LogP contribution is -2.20. The largest absolute Gasteiger partial charge is 0.495 e. The van der Waals surface area contributed by atoms with Crippen molar-refractivity contribution in [3.05, 3.63) is 15.8 Å². The molecule has 80 valence electrons. The summed E-state index contributed by atoms with van der Waals surface area (Å²) in [5, 5.41) is 3.86. The molecule has 1 fully saturated rings. The third-order valence-corrected chi connectivity index (χ3v) is 3.06. The maximum absolute atomic E-state index is 11.4. The number of cyclic esters (lactones) is 1. The first-order valence-corrected chi connectivity index (χ1v) is 5.15. The van der Waals surface area contributed by atoms with Crippen molar-refractivity contribution in [2.75, 3.05) is 7.11 Å². The van der Waals surface area contributed by atoms with Crippen molar-refractivity contribution in [3.8, 4) is 5.75 Å². The Labute approximate surface area is 90.0 Å². The number of methoxy groups -OCH3 is 1. The van der Waals surface area contributed by atoms with E-state index in [1.165, 1.54) is 18.4 Å². The topological polar surface area (TPSA) is 64.6 Å². The fourth-order valence-corrected chi connectivity index (χ4v) is 2.30. The quantitative estimate of drug-likeness (QED) is 0.828. The van der Waals surface area contributed by atoms with E-state index in [0.717, 1.165) is 4.88 Å². The van der Waals surface area contributed by atoms with E-state index in [1.807, 2.05) is 6.92 Å². The summed E-state index contributed by atoms with van der Waals surface area (Å²) in [4.78, 5) is 23.2. The van der Waals surface area contributed by atoms with Crippen LogP contribution in [0.5, 0.6) is 5.75 Å². The lowest BCUT2D eigenvalue weighted by atomic mass is 10.1. The van der Waals surface area contributed by atoms with E-state index in [2.05, 4.69) is 5.32 Å². The molecule has 0 spiro atoms. The summed E-state index contributed by atoms with van der Waals surface area (Å²) in [6.45, 7) is 1.85. The molecule has 2 heterocycles. The van der Waals surface area contributed by atoms with E-state index >= 15 is 0 Å². The molecular weight excluding hydrogens is 218 g/mol.